The molecule has 4 aliphatic rings. The largest absolute Gasteiger partial charge is 0.378 e. The van der Waals surface area contributed by atoms with Crippen LogP contribution < -0.4 is 15.8 Å². The molecule has 6 rings (SSSR count). The third-order valence-electron chi connectivity index (χ3n) is 7.65. The molecule has 2 saturated heterocycles. The number of nitrogens with one attached hydrogen (secondary N) is 2. The van der Waals surface area contributed by atoms with Crippen molar-refractivity contribution in [1.82, 2.24) is 30.4 Å². The Kier molecular flexibility index (Phi) is 5.77. The SMILES string of the molecule is O=C(CCCc1nnc2n1C1CCCCC1C1NC(c3ccccc3)NN21)N1CCOCC1. The van der Waals surface area contributed by atoms with Crippen LogP contribution in [0.25, 0.3) is 0 Å². The second kappa shape index (κ2) is 9.04. The van der Waals surface area contributed by atoms with Crippen LogP contribution in [-0.2, 0) is 16.0 Å². The van der Waals surface area contributed by atoms with Gasteiger partial charge < -0.3 is 9.64 Å². The number of hydrazine groups is 1. The van der Waals surface area contributed by atoms with E-state index >= 15 is 0 Å². The molecule has 1 aromatic heterocycles. The molecule has 2 N–H and O–H groups in total. The van der Waals surface area contributed by atoms with Crippen molar-refractivity contribution in [2.24, 2.45) is 5.92 Å². The van der Waals surface area contributed by atoms with Gasteiger partial charge in [-0.25, -0.2) is 5.43 Å². The molecular formula is C24H33N7O2. The molecule has 0 radical (unpaired) electrons. The number of carbonyl (C=O) groups excluding carboxylic acids is 1. The van der Waals surface area contributed by atoms with Gasteiger partial charge in [-0.15, -0.1) is 10.2 Å². The van der Waals surface area contributed by atoms with Crippen LogP contribution in [0.2, 0.25) is 0 Å². The summed E-state index contributed by atoms with van der Waals surface area (Å²) in [5.74, 6) is 2.66. The molecule has 9 nitrogen and oxygen atoms in total. The Hall–Kier alpha value is -2.49. The van der Waals surface area contributed by atoms with E-state index in [4.69, 9.17) is 4.74 Å². The summed E-state index contributed by atoms with van der Waals surface area (Å²) in [6, 6.07) is 10.9. The van der Waals surface area contributed by atoms with Gasteiger partial charge in [-0.3, -0.25) is 19.7 Å². The number of aryl methyl sites for hydroxylation is 1. The first-order chi connectivity index (χ1) is 16.3. The van der Waals surface area contributed by atoms with E-state index < -0.39 is 0 Å². The first kappa shape index (κ1) is 21.1. The van der Waals surface area contributed by atoms with Gasteiger partial charge >= 0.3 is 0 Å². The molecule has 4 unspecified atom stereocenters. The molecule has 1 amide bonds. The van der Waals surface area contributed by atoms with Crippen LogP contribution in [0.3, 0.4) is 0 Å². The molecule has 1 aliphatic carbocycles. The number of hydrogen-bond donors (Lipinski definition) is 2. The molecule has 2 aromatic rings. The number of anilines is 1. The van der Waals surface area contributed by atoms with E-state index in [1.165, 1.54) is 24.8 Å². The summed E-state index contributed by atoms with van der Waals surface area (Å²) in [6.07, 6.45) is 7.29. The Bertz CT molecular complexity index is 974. The maximum absolute atomic E-state index is 12.6. The van der Waals surface area contributed by atoms with Gasteiger partial charge in [0, 0.05) is 37.9 Å². The molecule has 3 aliphatic heterocycles. The van der Waals surface area contributed by atoms with Gasteiger partial charge in [0.25, 0.3) is 0 Å². The Balaban J connectivity index is 1.20. The van der Waals surface area contributed by atoms with E-state index in [1.54, 1.807) is 0 Å². The topological polar surface area (TPSA) is 87.5 Å². The van der Waals surface area contributed by atoms with Crippen molar-refractivity contribution >= 4 is 11.9 Å². The summed E-state index contributed by atoms with van der Waals surface area (Å²) in [4.78, 5) is 14.5. The van der Waals surface area contributed by atoms with E-state index in [0.717, 1.165) is 31.0 Å². The summed E-state index contributed by atoms with van der Waals surface area (Å²) in [5.41, 5.74) is 4.88. The molecular weight excluding hydrogens is 418 g/mol. The van der Waals surface area contributed by atoms with Crippen molar-refractivity contribution in [2.45, 2.75) is 63.3 Å². The monoisotopic (exact) mass is 451 g/mol. The van der Waals surface area contributed by atoms with Gasteiger partial charge in [-0.2, -0.15) is 0 Å². The third-order valence-corrected chi connectivity index (χ3v) is 7.65. The zero-order valence-electron chi connectivity index (χ0n) is 19.0. The predicted octanol–water partition coefficient (Wildman–Crippen LogP) is 2.14. The number of benzene rings is 1. The second-order valence-corrected chi connectivity index (χ2v) is 9.60. The fourth-order valence-electron chi connectivity index (χ4n) is 6.00. The summed E-state index contributed by atoms with van der Waals surface area (Å²) < 4.78 is 7.74. The van der Waals surface area contributed by atoms with Crippen molar-refractivity contribution in [3.8, 4) is 0 Å². The van der Waals surface area contributed by atoms with Crippen molar-refractivity contribution in [3.05, 3.63) is 41.7 Å². The lowest BCUT2D eigenvalue weighted by Gasteiger charge is -2.44. The normalized spacial score (nSPS) is 28.8. The van der Waals surface area contributed by atoms with Crippen LogP contribution in [0.1, 0.15) is 62.1 Å². The number of aromatic nitrogens is 3. The van der Waals surface area contributed by atoms with Gasteiger partial charge in [0.15, 0.2) is 0 Å². The van der Waals surface area contributed by atoms with Crippen molar-refractivity contribution in [3.63, 3.8) is 0 Å². The van der Waals surface area contributed by atoms with Crippen LogP contribution in [-0.4, -0.2) is 58.0 Å². The fraction of sp³-hybridized carbons (Fsp3) is 0.625. The molecule has 33 heavy (non-hydrogen) atoms. The molecule has 9 heteroatoms. The average Bonchev–Trinajstić information content (AvgIpc) is 3.50. The minimum atomic E-state index is 0.0663. The van der Waals surface area contributed by atoms with Gasteiger partial charge in [-0.05, 0) is 24.8 Å². The second-order valence-electron chi connectivity index (χ2n) is 9.60. The lowest BCUT2D eigenvalue weighted by molar-refractivity contribution is -0.135. The van der Waals surface area contributed by atoms with Crippen LogP contribution in [0.5, 0.6) is 0 Å². The standard InChI is InChI=1S/C24H33N7O2/c32-21(29-13-15-33-16-14-29)12-6-11-20-26-27-24-30(20)19-10-5-4-9-18(19)23-25-22(28-31(23)24)17-7-2-1-3-8-17/h1-3,7-8,18-19,22-23,25,28H,4-6,9-16H2. The highest BCUT2D eigenvalue weighted by molar-refractivity contribution is 5.76. The highest BCUT2D eigenvalue weighted by Crippen LogP contribution is 2.45. The molecule has 1 aromatic carbocycles. The van der Waals surface area contributed by atoms with Crippen molar-refractivity contribution in [1.29, 1.82) is 0 Å². The van der Waals surface area contributed by atoms with Crippen LogP contribution in [0.15, 0.2) is 30.3 Å². The number of ether oxygens (including phenoxy) is 1. The summed E-state index contributed by atoms with van der Waals surface area (Å²) in [7, 11) is 0. The highest BCUT2D eigenvalue weighted by atomic mass is 16.5. The number of amides is 1. The van der Waals surface area contributed by atoms with E-state index in [2.05, 4.69) is 60.8 Å². The van der Waals surface area contributed by atoms with Crippen molar-refractivity contribution in [2.75, 3.05) is 31.3 Å². The molecule has 4 atom stereocenters. The highest BCUT2D eigenvalue weighted by Gasteiger charge is 2.48. The lowest BCUT2D eigenvalue weighted by atomic mass is 9.81. The number of rotatable bonds is 5. The van der Waals surface area contributed by atoms with Gasteiger partial charge in [-0.1, -0.05) is 43.2 Å². The van der Waals surface area contributed by atoms with Crippen LogP contribution >= 0.6 is 0 Å². The number of nitrogens with zero attached hydrogens (tertiary/aromatic N) is 5. The quantitative estimate of drug-likeness (QED) is 0.720. The maximum Gasteiger partial charge on any atom is 0.243 e. The number of morpholine rings is 1. The first-order valence-corrected chi connectivity index (χ1v) is 12.5. The number of carbonyl (C=O) groups is 1. The van der Waals surface area contributed by atoms with Gasteiger partial charge in [0.05, 0.1) is 13.2 Å². The lowest BCUT2D eigenvalue weighted by Crippen LogP contribution is -2.53. The zero-order chi connectivity index (χ0) is 22.2. The third kappa shape index (κ3) is 3.92. The fourth-order valence-corrected chi connectivity index (χ4v) is 6.00. The average molecular weight is 452 g/mol. The smallest absolute Gasteiger partial charge is 0.243 e. The van der Waals surface area contributed by atoms with Gasteiger partial charge in [0.1, 0.15) is 18.2 Å². The van der Waals surface area contributed by atoms with E-state index in [1.807, 2.05) is 4.90 Å². The molecule has 0 bridgehead atoms. The molecule has 4 heterocycles. The first-order valence-electron chi connectivity index (χ1n) is 12.5. The summed E-state index contributed by atoms with van der Waals surface area (Å²) in [5, 5.41) is 15.3. The predicted molar refractivity (Wildman–Crippen MR) is 123 cm³/mol. The molecule has 176 valence electrons. The Morgan fingerprint density at radius 1 is 1.09 bits per heavy atom. The molecule has 3 fully saturated rings. The van der Waals surface area contributed by atoms with E-state index in [0.29, 0.717) is 44.7 Å². The number of fused-ring (bicyclic) bond motifs is 6. The Morgan fingerprint density at radius 2 is 1.91 bits per heavy atom. The van der Waals surface area contributed by atoms with E-state index in [9.17, 15) is 4.79 Å². The summed E-state index contributed by atoms with van der Waals surface area (Å²) in [6.45, 7) is 2.71. The maximum atomic E-state index is 12.6. The minimum absolute atomic E-state index is 0.0663. The number of hydrogen-bond acceptors (Lipinski definition) is 7. The van der Waals surface area contributed by atoms with Crippen LogP contribution in [0, 0.1) is 5.92 Å². The van der Waals surface area contributed by atoms with Crippen LogP contribution in [0.4, 0.5) is 5.95 Å². The summed E-state index contributed by atoms with van der Waals surface area (Å²) >= 11 is 0. The van der Waals surface area contributed by atoms with Crippen molar-refractivity contribution < 1.29 is 9.53 Å². The Labute approximate surface area is 194 Å². The van der Waals surface area contributed by atoms with Gasteiger partial charge in [0.2, 0.25) is 11.9 Å². The Morgan fingerprint density at radius 3 is 2.76 bits per heavy atom. The molecule has 0 spiro atoms. The molecule has 1 saturated carbocycles. The minimum Gasteiger partial charge on any atom is -0.378 e. The van der Waals surface area contributed by atoms with E-state index in [-0.39, 0.29) is 18.2 Å². The zero-order valence-corrected chi connectivity index (χ0v) is 19.0.